The van der Waals surface area contributed by atoms with Crippen LogP contribution >= 0.6 is 23.4 Å². The van der Waals surface area contributed by atoms with Crippen LogP contribution in [0.1, 0.15) is 12.1 Å². The molecule has 1 saturated heterocycles. The Labute approximate surface area is 168 Å². The van der Waals surface area contributed by atoms with Crippen LogP contribution in [0.5, 0.6) is 0 Å². The van der Waals surface area contributed by atoms with Gasteiger partial charge in [0.2, 0.25) is 0 Å². The van der Waals surface area contributed by atoms with Gasteiger partial charge in [0.15, 0.2) is 20.7 Å². The van der Waals surface area contributed by atoms with Gasteiger partial charge in [-0.25, -0.2) is 22.8 Å². The maximum absolute atomic E-state index is 13.2. The average Bonchev–Trinajstić information content (AvgIpc) is 3.11. The number of anilines is 1. The van der Waals surface area contributed by atoms with Gasteiger partial charge in [0.05, 0.1) is 15.2 Å². The highest BCUT2D eigenvalue weighted by atomic mass is 35.5. The second-order valence-corrected chi connectivity index (χ2v) is 9.45. The molecule has 0 N–H and O–H groups in total. The third-order valence-corrected chi connectivity index (χ3v) is 7.48. The van der Waals surface area contributed by atoms with Crippen LogP contribution in [0.25, 0.3) is 0 Å². The van der Waals surface area contributed by atoms with Crippen molar-refractivity contribution < 1.29 is 26.0 Å². The third-order valence-electron chi connectivity index (χ3n) is 4.27. The molecule has 1 atom stereocenters. The first kappa shape index (κ1) is 21.1. The van der Waals surface area contributed by atoms with Crippen LogP contribution in [0.4, 0.5) is 23.4 Å². The summed E-state index contributed by atoms with van der Waals surface area (Å²) in [6.07, 6.45) is -2.92. The molecule has 0 aliphatic carbocycles. The summed E-state index contributed by atoms with van der Waals surface area (Å²) in [6.45, 7) is 0.142. The Morgan fingerprint density at radius 1 is 1.25 bits per heavy atom. The molecule has 1 aliphatic heterocycles. The molecule has 152 valence electrons. The van der Waals surface area contributed by atoms with Gasteiger partial charge < -0.3 is 4.90 Å². The van der Waals surface area contributed by atoms with E-state index in [0.29, 0.717) is 0 Å². The lowest BCUT2D eigenvalue weighted by Crippen LogP contribution is -2.28. The minimum Gasteiger partial charge on any atom is -0.355 e. The monoisotopic (exact) mass is 455 g/mol. The van der Waals surface area contributed by atoms with E-state index in [1.807, 2.05) is 0 Å². The van der Waals surface area contributed by atoms with E-state index in [4.69, 9.17) is 11.6 Å². The van der Waals surface area contributed by atoms with Crippen LogP contribution in [0.3, 0.4) is 0 Å². The van der Waals surface area contributed by atoms with Gasteiger partial charge in [0, 0.05) is 19.2 Å². The quantitative estimate of drug-likeness (QED) is 0.300. The largest absolute Gasteiger partial charge is 0.433 e. The second-order valence-electron chi connectivity index (χ2n) is 6.07. The van der Waals surface area contributed by atoms with E-state index < -0.39 is 32.8 Å². The van der Waals surface area contributed by atoms with Crippen molar-refractivity contribution in [3.63, 3.8) is 0 Å². The number of halogens is 5. The fourth-order valence-electron chi connectivity index (χ4n) is 2.89. The first-order chi connectivity index (χ1) is 13.0. The minimum absolute atomic E-state index is 0.00887. The van der Waals surface area contributed by atoms with E-state index in [-0.39, 0.29) is 40.4 Å². The smallest absolute Gasteiger partial charge is 0.355 e. The predicted molar refractivity (Wildman–Crippen MR) is 98.0 cm³/mol. The minimum atomic E-state index is -4.64. The maximum Gasteiger partial charge on any atom is 0.433 e. The van der Waals surface area contributed by atoms with Crippen LogP contribution in [0.2, 0.25) is 5.02 Å². The van der Waals surface area contributed by atoms with Gasteiger partial charge in [-0.3, -0.25) is 0 Å². The molecular formula is C16H14ClF4N3O2S2. The average molecular weight is 456 g/mol. The van der Waals surface area contributed by atoms with Crippen molar-refractivity contribution in [2.45, 2.75) is 27.9 Å². The molecule has 0 radical (unpaired) electrons. The lowest BCUT2D eigenvalue weighted by Gasteiger charge is -2.19. The molecular weight excluding hydrogens is 442 g/mol. The normalized spacial score (nSPS) is 17.9. The molecule has 1 aromatic carbocycles. The molecule has 0 bridgehead atoms. The summed E-state index contributed by atoms with van der Waals surface area (Å²) in [5.74, 6) is -0.656. The fourth-order valence-corrected chi connectivity index (χ4v) is 5.49. The molecule has 2 aromatic rings. The molecule has 1 aromatic heterocycles. The summed E-state index contributed by atoms with van der Waals surface area (Å²) in [4.78, 5) is 8.80. The molecule has 28 heavy (non-hydrogen) atoms. The van der Waals surface area contributed by atoms with Crippen molar-refractivity contribution in [2.75, 3.05) is 24.2 Å². The van der Waals surface area contributed by atoms with Crippen molar-refractivity contribution in [1.29, 1.82) is 0 Å². The SMILES string of the molecule is CSc1nc(N2CC[C@H](S(=O)(=O)c3ccc(F)cc3Cl)C2)cc(C(F)(F)F)n1. The Balaban J connectivity index is 1.89. The van der Waals surface area contributed by atoms with E-state index in [2.05, 4.69) is 9.97 Å². The molecule has 0 amide bonds. The standard InChI is InChI=1S/C16H14ClF4N3O2S2/c1-27-15-22-13(16(19,20)21)7-14(23-15)24-5-4-10(8-24)28(25,26)12-3-2-9(18)6-11(12)17/h2-3,6-7,10H,4-5,8H2,1H3/t10-/m0/s1. The first-order valence-corrected chi connectivity index (χ1v) is 11.1. The molecule has 0 saturated carbocycles. The molecule has 1 fully saturated rings. The van der Waals surface area contributed by atoms with Crippen LogP contribution < -0.4 is 4.90 Å². The molecule has 1 aliphatic rings. The zero-order chi connectivity index (χ0) is 20.7. The van der Waals surface area contributed by atoms with Gasteiger partial charge in [-0.05, 0) is 30.9 Å². The fraction of sp³-hybridized carbons (Fsp3) is 0.375. The number of hydrogen-bond acceptors (Lipinski definition) is 6. The van der Waals surface area contributed by atoms with Crippen molar-refractivity contribution in [1.82, 2.24) is 9.97 Å². The molecule has 0 unspecified atom stereocenters. The van der Waals surface area contributed by atoms with Gasteiger partial charge in [-0.15, -0.1) is 0 Å². The zero-order valence-corrected chi connectivity index (χ0v) is 16.8. The summed E-state index contributed by atoms with van der Waals surface area (Å²) in [7, 11) is -3.89. The molecule has 0 spiro atoms. The molecule has 5 nitrogen and oxygen atoms in total. The van der Waals surface area contributed by atoms with Crippen molar-refractivity contribution in [2.24, 2.45) is 0 Å². The van der Waals surface area contributed by atoms with Crippen molar-refractivity contribution in [3.05, 3.63) is 40.8 Å². The third kappa shape index (κ3) is 4.20. The highest BCUT2D eigenvalue weighted by Gasteiger charge is 2.38. The van der Waals surface area contributed by atoms with E-state index in [1.165, 1.54) is 4.90 Å². The van der Waals surface area contributed by atoms with Crippen molar-refractivity contribution >= 4 is 39.0 Å². The van der Waals surface area contributed by atoms with E-state index in [9.17, 15) is 26.0 Å². The summed E-state index contributed by atoms with van der Waals surface area (Å²) >= 11 is 6.83. The number of hydrogen-bond donors (Lipinski definition) is 0. The number of benzene rings is 1. The lowest BCUT2D eigenvalue weighted by molar-refractivity contribution is -0.141. The Morgan fingerprint density at radius 3 is 2.57 bits per heavy atom. The first-order valence-electron chi connectivity index (χ1n) is 7.96. The summed E-state index contributed by atoms with van der Waals surface area (Å²) in [5.41, 5.74) is -1.09. The molecule has 12 heteroatoms. The van der Waals surface area contributed by atoms with E-state index in [0.717, 1.165) is 36.0 Å². The van der Waals surface area contributed by atoms with Crippen LogP contribution in [-0.2, 0) is 16.0 Å². The van der Waals surface area contributed by atoms with Gasteiger partial charge in [0.1, 0.15) is 11.6 Å². The highest BCUT2D eigenvalue weighted by molar-refractivity contribution is 7.98. The number of aromatic nitrogens is 2. The van der Waals surface area contributed by atoms with Gasteiger partial charge in [-0.1, -0.05) is 23.4 Å². The Bertz CT molecular complexity index is 1000. The van der Waals surface area contributed by atoms with Crippen LogP contribution in [0, 0.1) is 5.82 Å². The number of nitrogens with zero attached hydrogens (tertiary/aromatic N) is 3. The van der Waals surface area contributed by atoms with Gasteiger partial charge in [0.25, 0.3) is 0 Å². The summed E-state index contributed by atoms with van der Waals surface area (Å²) in [6, 6.07) is 3.80. The topological polar surface area (TPSA) is 63.2 Å². The lowest BCUT2D eigenvalue weighted by atomic mass is 10.3. The number of rotatable bonds is 4. The highest BCUT2D eigenvalue weighted by Crippen LogP contribution is 2.34. The van der Waals surface area contributed by atoms with Gasteiger partial charge >= 0.3 is 6.18 Å². The number of thioether (sulfide) groups is 1. The molecule has 2 heterocycles. The van der Waals surface area contributed by atoms with Gasteiger partial charge in [-0.2, -0.15) is 13.2 Å². The van der Waals surface area contributed by atoms with Crippen LogP contribution in [-0.4, -0.2) is 43.0 Å². The Kier molecular flexibility index (Phi) is 5.79. The number of alkyl halides is 3. The van der Waals surface area contributed by atoms with E-state index in [1.54, 1.807) is 6.26 Å². The van der Waals surface area contributed by atoms with Crippen LogP contribution in [0.15, 0.2) is 34.3 Å². The Morgan fingerprint density at radius 2 is 1.96 bits per heavy atom. The summed E-state index contributed by atoms with van der Waals surface area (Å²) < 4.78 is 78.1. The zero-order valence-electron chi connectivity index (χ0n) is 14.4. The van der Waals surface area contributed by atoms with Crippen molar-refractivity contribution in [3.8, 4) is 0 Å². The Hall–Kier alpha value is -1.59. The maximum atomic E-state index is 13.2. The van der Waals surface area contributed by atoms with E-state index >= 15 is 0 Å². The number of sulfone groups is 1. The second kappa shape index (κ2) is 7.68. The summed E-state index contributed by atoms with van der Waals surface area (Å²) in [5, 5.41) is -1.19. The predicted octanol–water partition coefficient (Wildman–Crippen LogP) is 4.06. The molecule has 3 rings (SSSR count).